The Labute approximate surface area is 195 Å². The van der Waals surface area contributed by atoms with E-state index in [0.29, 0.717) is 27.1 Å². The van der Waals surface area contributed by atoms with Gasteiger partial charge in [-0.15, -0.1) is 5.10 Å². The summed E-state index contributed by atoms with van der Waals surface area (Å²) in [5.41, 5.74) is 1.77. The molecule has 166 valence electrons. The molecule has 1 N–H and O–H groups in total. The molecule has 1 aliphatic heterocycles. The topological polar surface area (TPSA) is 87.6 Å². The number of phenols is 1. The molecule has 0 aliphatic carbocycles. The monoisotopic (exact) mass is 459 g/mol. The van der Waals surface area contributed by atoms with E-state index in [1.807, 2.05) is 36.4 Å². The lowest BCUT2D eigenvalue weighted by atomic mass is 10.2. The Morgan fingerprint density at radius 2 is 1.97 bits per heavy atom. The Kier molecular flexibility index (Phi) is 7.06. The Hall–Kier alpha value is -4.04. The highest BCUT2D eigenvalue weighted by atomic mass is 32.2. The number of amidine groups is 1. The van der Waals surface area contributed by atoms with Crippen LogP contribution in [0.5, 0.6) is 11.5 Å². The molecule has 1 aromatic heterocycles. The zero-order chi connectivity index (χ0) is 23.0. The number of nitrogens with zero attached hydrogens (tertiary/aromatic N) is 3. The van der Waals surface area contributed by atoms with Crippen molar-refractivity contribution in [2.45, 2.75) is 6.54 Å². The molecule has 1 fully saturated rings. The van der Waals surface area contributed by atoms with Gasteiger partial charge in [-0.05, 0) is 59.3 Å². The third-order valence-electron chi connectivity index (χ3n) is 4.67. The molecule has 33 heavy (non-hydrogen) atoms. The minimum atomic E-state index is -0.211. The number of carbonyl (C=O) groups is 1. The SMILES string of the molecule is COc1cc(/C=C2\S\C(=N/N=C/C=C/c3ccccc3)N(Cc3ccco3)C2=O)ccc1O. The predicted octanol–water partition coefficient (Wildman–Crippen LogP) is 5.17. The summed E-state index contributed by atoms with van der Waals surface area (Å²) in [5, 5.41) is 18.6. The quantitative estimate of drug-likeness (QED) is 0.299. The molecule has 1 aliphatic rings. The van der Waals surface area contributed by atoms with E-state index in [4.69, 9.17) is 9.15 Å². The molecule has 0 radical (unpaired) electrons. The summed E-state index contributed by atoms with van der Waals surface area (Å²) >= 11 is 1.22. The second-order valence-electron chi connectivity index (χ2n) is 6.93. The van der Waals surface area contributed by atoms with Crippen molar-refractivity contribution in [1.29, 1.82) is 0 Å². The van der Waals surface area contributed by atoms with Crippen LogP contribution in [-0.4, -0.2) is 34.4 Å². The van der Waals surface area contributed by atoms with E-state index in [2.05, 4.69) is 10.2 Å². The second kappa shape index (κ2) is 10.5. The number of allylic oxidation sites excluding steroid dienone is 1. The number of methoxy groups -OCH3 is 1. The summed E-state index contributed by atoms with van der Waals surface area (Å²) in [4.78, 5) is 15.1. The molecule has 4 rings (SSSR count). The van der Waals surface area contributed by atoms with Gasteiger partial charge in [-0.25, -0.2) is 0 Å². The van der Waals surface area contributed by atoms with Gasteiger partial charge in [0.1, 0.15) is 5.76 Å². The van der Waals surface area contributed by atoms with E-state index in [-0.39, 0.29) is 18.2 Å². The van der Waals surface area contributed by atoms with Gasteiger partial charge in [-0.3, -0.25) is 9.69 Å². The van der Waals surface area contributed by atoms with Crippen molar-refractivity contribution in [3.8, 4) is 11.5 Å². The van der Waals surface area contributed by atoms with E-state index < -0.39 is 0 Å². The highest BCUT2D eigenvalue weighted by molar-refractivity contribution is 8.18. The van der Waals surface area contributed by atoms with Gasteiger partial charge >= 0.3 is 0 Å². The van der Waals surface area contributed by atoms with Crippen LogP contribution >= 0.6 is 11.8 Å². The first-order valence-corrected chi connectivity index (χ1v) is 10.9. The van der Waals surface area contributed by atoms with Crippen molar-refractivity contribution in [2.75, 3.05) is 7.11 Å². The Morgan fingerprint density at radius 1 is 1.12 bits per heavy atom. The molecule has 3 aromatic rings. The van der Waals surface area contributed by atoms with E-state index >= 15 is 0 Å². The first-order chi connectivity index (χ1) is 16.1. The van der Waals surface area contributed by atoms with Gasteiger partial charge in [0.15, 0.2) is 16.7 Å². The molecular formula is C25H21N3O4S. The van der Waals surface area contributed by atoms with Gasteiger partial charge in [0.05, 0.1) is 24.8 Å². The number of ether oxygens (including phenoxy) is 1. The number of thioether (sulfide) groups is 1. The van der Waals surface area contributed by atoms with E-state index in [1.54, 1.807) is 48.9 Å². The van der Waals surface area contributed by atoms with Crippen LogP contribution in [0.4, 0.5) is 0 Å². The van der Waals surface area contributed by atoms with Crippen molar-refractivity contribution >= 4 is 41.2 Å². The lowest BCUT2D eigenvalue weighted by molar-refractivity contribution is -0.122. The van der Waals surface area contributed by atoms with E-state index in [0.717, 1.165) is 5.56 Å². The maximum Gasteiger partial charge on any atom is 0.267 e. The maximum atomic E-state index is 13.1. The van der Waals surface area contributed by atoms with Crippen molar-refractivity contribution < 1.29 is 19.1 Å². The zero-order valence-electron chi connectivity index (χ0n) is 17.8. The van der Waals surface area contributed by atoms with Crippen molar-refractivity contribution in [3.63, 3.8) is 0 Å². The standard InChI is InChI=1S/C25H21N3O4S/c1-31-22-15-19(11-12-21(22)29)16-23-24(30)28(17-20-10-6-14-32-20)25(33-23)27-26-13-5-9-18-7-3-2-4-8-18/h2-16,29H,17H2,1H3/b9-5+,23-16-,26-13+,27-25-. The fourth-order valence-corrected chi connectivity index (χ4v) is 3.99. The summed E-state index contributed by atoms with van der Waals surface area (Å²) in [6, 6.07) is 18.3. The maximum absolute atomic E-state index is 13.1. The van der Waals surface area contributed by atoms with Crippen LogP contribution in [0.15, 0.2) is 92.5 Å². The van der Waals surface area contributed by atoms with Crippen molar-refractivity contribution in [1.82, 2.24) is 4.90 Å². The van der Waals surface area contributed by atoms with Gasteiger partial charge in [0.2, 0.25) is 0 Å². The van der Waals surface area contributed by atoms with Gasteiger partial charge in [-0.2, -0.15) is 5.10 Å². The highest BCUT2D eigenvalue weighted by Gasteiger charge is 2.34. The van der Waals surface area contributed by atoms with Gasteiger partial charge in [0.25, 0.3) is 5.91 Å². The first kappa shape index (κ1) is 22.2. The Morgan fingerprint density at radius 3 is 2.73 bits per heavy atom. The van der Waals surface area contributed by atoms with Crippen LogP contribution < -0.4 is 4.74 Å². The number of carbonyl (C=O) groups excluding carboxylic acids is 1. The normalized spacial score (nSPS) is 16.6. The number of phenolic OH excluding ortho intramolecular Hbond substituents is 1. The zero-order valence-corrected chi connectivity index (χ0v) is 18.6. The van der Waals surface area contributed by atoms with Crippen LogP contribution in [0, 0.1) is 0 Å². The number of furan rings is 1. The fourth-order valence-electron chi connectivity index (χ4n) is 3.06. The van der Waals surface area contributed by atoms with Crippen LogP contribution in [0.25, 0.3) is 12.2 Å². The second-order valence-corrected chi connectivity index (χ2v) is 7.94. The molecule has 2 aromatic carbocycles. The molecule has 1 amide bonds. The Bertz CT molecular complexity index is 1230. The average molecular weight is 460 g/mol. The number of aromatic hydroxyl groups is 1. The summed E-state index contributed by atoms with van der Waals surface area (Å²) in [6.07, 6.45) is 8.57. The summed E-state index contributed by atoms with van der Waals surface area (Å²) < 4.78 is 10.6. The third kappa shape index (κ3) is 5.61. The van der Waals surface area contributed by atoms with Crippen LogP contribution in [-0.2, 0) is 11.3 Å². The Balaban J connectivity index is 1.57. The highest BCUT2D eigenvalue weighted by Crippen LogP contribution is 2.35. The fraction of sp³-hybridized carbons (Fsp3) is 0.0800. The molecule has 2 heterocycles. The molecule has 0 bridgehead atoms. The molecule has 0 atom stereocenters. The summed E-state index contributed by atoms with van der Waals surface area (Å²) in [7, 11) is 1.47. The van der Waals surface area contributed by atoms with Crippen molar-refractivity contribution in [3.05, 3.63) is 94.8 Å². The van der Waals surface area contributed by atoms with E-state index in [9.17, 15) is 9.90 Å². The van der Waals surface area contributed by atoms with Gasteiger partial charge in [0, 0.05) is 6.21 Å². The third-order valence-corrected chi connectivity index (χ3v) is 5.66. The summed E-state index contributed by atoms with van der Waals surface area (Å²) in [5.74, 6) is 0.787. The number of benzene rings is 2. The predicted molar refractivity (Wildman–Crippen MR) is 131 cm³/mol. The molecule has 0 saturated carbocycles. The largest absolute Gasteiger partial charge is 0.504 e. The number of amides is 1. The van der Waals surface area contributed by atoms with Crippen molar-refractivity contribution in [2.24, 2.45) is 10.2 Å². The van der Waals surface area contributed by atoms with Crippen LogP contribution in [0.2, 0.25) is 0 Å². The number of hydrogen-bond acceptors (Lipinski definition) is 7. The average Bonchev–Trinajstić information content (AvgIpc) is 3.45. The van der Waals surface area contributed by atoms with Gasteiger partial charge < -0.3 is 14.3 Å². The molecule has 0 spiro atoms. The molecular weight excluding hydrogens is 438 g/mol. The van der Waals surface area contributed by atoms with E-state index in [1.165, 1.54) is 29.8 Å². The molecule has 8 heteroatoms. The van der Waals surface area contributed by atoms with Crippen LogP contribution in [0.1, 0.15) is 16.9 Å². The smallest absolute Gasteiger partial charge is 0.267 e. The minimum Gasteiger partial charge on any atom is -0.504 e. The van der Waals surface area contributed by atoms with Crippen LogP contribution in [0.3, 0.4) is 0 Å². The molecule has 1 saturated heterocycles. The number of rotatable bonds is 7. The lowest BCUT2D eigenvalue weighted by Gasteiger charge is -2.12. The van der Waals surface area contributed by atoms with Gasteiger partial charge in [-0.1, -0.05) is 42.5 Å². The first-order valence-electron chi connectivity index (χ1n) is 10.1. The minimum absolute atomic E-state index is 0.0321. The molecule has 0 unspecified atom stereocenters. The summed E-state index contributed by atoms with van der Waals surface area (Å²) in [6.45, 7) is 0.239. The number of hydrogen-bond donors (Lipinski definition) is 1. The lowest BCUT2D eigenvalue weighted by Crippen LogP contribution is -2.28. The molecule has 7 nitrogen and oxygen atoms in total.